The largest absolute Gasteiger partial charge is 0.328 e. The van der Waals surface area contributed by atoms with E-state index < -0.39 is 0 Å². The Morgan fingerprint density at radius 1 is 1.10 bits per heavy atom. The molecule has 1 N–H and O–H groups in total. The highest BCUT2D eigenvalue weighted by atomic mass is 32.1. The summed E-state index contributed by atoms with van der Waals surface area (Å²) >= 11 is 1.45. The molecule has 0 bridgehead atoms. The molecule has 3 heterocycles. The van der Waals surface area contributed by atoms with Gasteiger partial charge in [0.15, 0.2) is 0 Å². The number of nitrogens with zero attached hydrogens (tertiary/aromatic N) is 3. The van der Waals surface area contributed by atoms with Gasteiger partial charge in [-0.05, 0) is 55.3 Å². The Balaban J connectivity index is 1.28. The smallest absolute Gasteiger partial charge is 0.230 e. The number of amides is 1. The SMILES string of the molecule is O=C(Cc1csc(-c2ccc(F)cc2)n1)Nc1ccc2c(c1)nc1n2CCCCC1. The highest BCUT2D eigenvalue weighted by Crippen LogP contribution is 2.26. The number of imidazole rings is 1. The number of hydrogen-bond donors (Lipinski definition) is 1. The van der Waals surface area contributed by atoms with E-state index in [-0.39, 0.29) is 18.1 Å². The molecular formula is C23H21FN4OS. The van der Waals surface area contributed by atoms with Crippen LogP contribution in [0.5, 0.6) is 0 Å². The van der Waals surface area contributed by atoms with E-state index in [9.17, 15) is 9.18 Å². The molecule has 5 rings (SSSR count). The number of thiazole rings is 1. The van der Waals surface area contributed by atoms with Crippen molar-refractivity contribution in [1.82, 2.24) is 14.5 Å². The van der Waals surface area contributed by atoms with E-state index in [1.165, 1.54) is 42.7 Å². The van der Waals surface area contributed by atoms with Crippen molar-refractivity contribution in [3.8, 4) is 10.6 Å². The van der Waals surface area contributed by atoms with Gasteiger partial charge in [-0.3, -0.25) is 4.79 Å². The molecule has 2 aromatic carbocycles. The quantitative estimate of drug-likeness (QED) is 0.493. The van der Waals surface area contributed by atoms with Gasteiger partial charge >= 0.3 is 0 Å². The molecule has 0 spiro atoms. The van der Waals surface area contributed by atoms with Crippen molar-refractivity contribution in [3.63, 3.8) is 0 Å². The van der Waals surface area contributed by atoms with Crippen LogP contribution < -0.4 is 5.32 Å². The summed E-state index contributed by atoms with van der Waals surface area (Å²) < 4.78 is 15.4. The van der Waals surface area contributed by atoms with E-state index in [0.717, 1.165) is 46.1 Å². The van der Waals surface area contributed by atoms with Gasteiger partial charge < -0.3 is 9.88 Å². The molecule has 4 aromatic rings. The lowest BCUT2D eigenvalue weighted by Gasteiger charge is -2.06. The zero-order chi connectivity index (χ0) is 20.5. The molecule has 1 amide bonds. The Bertz CT molecular complexity index is 1210. The van der Waals surface area contributed by atoms with Crippen molar-refractivity contribution in [2.75, 3.05) is 5.32 Å². The van der Waals surface area contributed by atoms with Crippen LogP contribution in [0.4, 0.5) is 10.1 Å². The molecule has 7 heteroatoms. The Kier molecular flexibility index (Phi) is 5.04. The van der Waals surface area contributed by atoms with Gasteiger partial charge in [-0.25, -0.2) is 14.4 Å². The number of fused-ring (bicyclic) bond motifs is 3. The predicted octanol–water partition coefficient (Wildman–Crippen LogP) is 5.21. The second-order valence-corrected chi connectivity index (χ2v) is 8.43. The number of hydrogen-bond acceptors (Lipinski definition) is 4. The van der Waals surface area contributed by atoms with Crippen molar-refractivity contribution >= 4 is 34.0 Å². The average Bonchev–Trinajstić information content (AvgIpc) is 3.25. The predicted molar refractivity (Wildman–Crippen MR) is 117 cm³/mol. The van der Waals surface area contributed by atoms with Crippen LogP contribution in [0.1, 0.15) is 30.8 Å². The highest BCUT2D eigenvalue weighted by Gasteiger charge is 2.15. The van der Waals surface area contributed by atoms with E-state index in [2.05, 4.69) is 14.9 Å². The van der Waals surface area contributed by atoms with E-state index in [1.807, 2.05) is 23.6 Å². The van der Waals surface area contributed by atoms with Crippen molar-refractivity contribution in [1.29, 1.82) is 0 Å². The first-order valence-electron chi connectivity index (χ1n) is 10.1. The second-order valence-electron chi connectivity index (χ2n) is 7.57. The van der Waals surface area contributed by atoms with Crippen molar-refractivity contribution in [2.45, 2.75) is 38.6 Å². The molecular weight excluding hydrogens is 399 g/mol. The molecule has 2 aromatic heterocycles. The van der Waals surface area contributed by atoms with Gasteiger partial charge in [0.2, 0.25) is 5.91 Å². The van der Waals surface area contributed by atoms with Crippen molar-refractivity contribution in [3.05, 3.63) is 65.2 Å². The lowest BCUT2D eigenvalue weighted by Crippen LogP contribution is -2.14. The van der Waals surface area contributed by atoms with Crippen LogP contribution in [0.3, 0.4) is 0 Å². The molecule has 0 saturated carbocycles. The first kappa shape index (κ1) is 18.9. The number of aryl methyl sites for hydroxylation is 2. The van der Waals surface area contributed by atoms with Gasteiger partial charge in [-0.1, -0.05) is 6.42 Å². The summed E-state index contributed by atoms with van der Waals surface area (Å²) in [6.45, 7) is 1.01. The summed E-state index contributed by atoms with van der Waals surface area (Å²) in [5.74, 6) is 0.744. The zero-order valence-electron chi connectivity index (χ0n) is 16.4. The van der Waals surface area contributed by atoms with Crippen LogP contribution in [0.2, 0.25) is 0 Å². The molecule has 30 heavy (non-hydrogen) atoms. The number of carbonyl (C=O) groups excluding carboxylic acids is 1. The maximum atomic E-state index is 13.1. The van der Waals surface area contributed by atoms with Crippen LogP contribution in [-0.2, 0) is 24.2 Å². The molecule has 152 valence electrons. The summed E-state index contributed by atoms with van der Waals surface area (Å²) in [5.41, 5.74) is 4.35. The number of nitrogens with one attached hydrogen (secondary N) is 1. The summed E-state index contributed by atoms with van der Waals surface area (Å²) in [4.78, 5) is 21.8. The third kappa shape index (κ3) is 3.85. The lowest BCUT2D eigenvalue weighted by atomic mass is 10.2. The van der Waals surface area contributed by atoms with Crippen LogP contribution in [0.15, 0.2) is 47.8 Å². The Hall–Kier alpha value is -3.06. The van der Waals surface area contributed by atoms with Crippen LogP contribution >= 0.6 is 11.3 Å². The Morgan fingerprint density at radius 2 is 1.97 bits per heavy atom. The third-order valence-corrected chi connectivity index (χ3v) is 6.32. The zero-order valence-corrected chi connectivity index (χ0v) is 17.2. The van der Waals surface area contributed by atoms with Gasteiger partial charge in [0.25, 0.3) is 0 Å². The molecule has 1 aliphatic heterocycles. The number of rotatable bonds is 4. The van der Waals surface area contributed by atoms with E-state index >= 15 is 0 Å². The third-order valence-electron chi connectivity index (χ3n) is 5.38. The molecule has 5 nitrogen and oxygen atoms in total. The van der Waals surface area contributed by atoms with Crippen LogP contribution in [-0.4, -0.2) is 20.4 Å². The summed E-state index contributed by atoms with van der Waals surface area (Å²) in [7, 11) is 0. The maximum Gasteiger partial charge on any atom is 0.230 e. The van der Waals surface area contributed by atoms with E-state index in [0.29, 0.717) is 5.69 Å². The first-order valence-corrected chi connectivity index (χ1v) is 11.0. The van der Waals surface area contributed by atoms with Crippen molar-refractivity contribution in [2.24, 2.45) is 0 Å². The van der Waals surface area contributed by atoms with Crippen LogP contribution in [0, 0.1) is 5.82 Å². The number of aromatic nitrogens is 3. The molecule has 0 radical (unpaired) electrons. The topological polar surface area (TPSA) is 59.8 Å². The van der Waals surface area contributed by atoms with Gasteiger partial charge in [-0.15, -0.1) is 11.3 Å². The fourth-order valence-electron chi connectivity index (χ4n) is 3.91. The first-order chi connectivity index (χ1) is 14.7. The monoisotopic (exact) mass is 420 g/mol. The molecule has 0 unspecified atom stereocenters. The number of halogens is 1. The molecule has 0 fully saturated rings. The summed E-state index contributed by atoms with van der Waals surface area (Å²) in [5, 5.41) is 5.60. The van der Waals surface area contributed by atoms with E-state index in [1.54, 1.807) is 12.1 Å². The molecule has 0 atom stereocenters. The molecule has 0 saturated heterocycles. The fraction of sp³-hybridized carbons (Fsp3) is 0.261. The summed E-state index contributed by atoms with van der Waals surface area (Å²) in [6.07, 6.45) is 4.81. The van der Waals surface area contributed by atoms with Gasteiger partial charge in [0.1, 0.15) is 16.6 Å². The fourth-order valence-corrected chi connectivity index (χ4v) is 4.74. The number of carbonyl (C=O) groups is 1. The maximum absolute atomic E-state index is 13.1. The van der Waals surface area contributed by atoms with Crippen LogP contribution in [0.25, 0.3) is 21.6 Å². The average molecular weight is 421 g/mol. The Morgan fingerprint density at radius 3 is 2.83 bits per heavy atom. The normalized spacial score (nSPS) is 13.8. The highest BCUT2D eigenvalue weighted by molar-refractivity contribution is 7.13. The standard InChI is InChI=1S/C23H21FN4OS/c24-16-7-5-15(6-8-16)23-26-18(14-30-23)13-22(29)25-17-9-10-20-19(12-17)27-21-4-2-1-3-11-28(20)21/h5-10,12,14H,1-4,11,13H2,(H,25,29). The van der Waals surface area contributed by atoms with Gasteiger partial charge in [0, 0.05) is 29.6 Å². The Labute approximate surface area is 177 Å². The second kappa shape index (κ2) is 7.99. The number of anilines is 1. The van der Waals surface area contributed by atoms with Gasteiger partial charge in [0.05, 0.1) is 23.1 Å². The van der Waals surface area contributed by atoms with Crippen molar-refractivity contribution < 1.29 is 9.18 Å². The summed E-state index contributed by atoms with van der Waals surface area (Å²) in [6, 6.07) is 12.1. The minimum Gasteiger partial charge on any atom is -0.328 e. The number of benzene rings is 2. The molecule has 1 aliphatic rings. The minimum atomic E-state index is -0.277. The lowest BCUT2D eigenvalue weighted by molar-refractivity contribution is -0.115. The molecule has 0 aliphatic carbocycles. The minimum absolute atomic E-state index is 0.119. The van der Waals surface area contributed by atoms with E-state index in [4.69, 9.17) is 4.98 Å². The van der Waals surface area contributed by atoms with Gasteiger partial charge in [-0.2, -0.15) is 0 Å².